The third-order valence-electron chi connectivity index (χ3n) is 2.76. The number of ether oxygens (including phenoxy) is 1. The van der Waals surface area contributed by atoms with E-state index >= 15 is 0 Å². The molecular weight excluding hydrogens is 333 g/mol. The molecule has 0 aliphatic carbocycles. The van der Waals surface area contributed by atoms with Crippen molar-refractivity contribution >= 4 is 33.3 Å². The van der Waals surface area contributed by atoms with E-state index in [4.69, 9.17) is 11.6 Å². The average molecular weight is 344 g/mol. The molecule has 2 aromatic rings. The van der Waals surface area contributed by atoms with E-state index < -0.39 is 26.7 Å². The van der Waals surface area contributed by atoms with Crippen molar-refractivity contribution in [1.29, 1.82) is 0 Å². The zero-order chi connectivity index (χ0) is 16.3. The van der Waals surface area contributed by atoms with Crippen molar-refractivity contribution in [1.82, 2.24) is 0 Å². The molecule has 1 N–H and O–H groups in total. The SMILES string of the molecule is COC(=O)c1ccc(Cl)c(NS(=O)(=O)c2ccccc2F)c1. The van der Waals surface area contributed by atoms with Gasteiger partial charge >= 0.3 is 5.97 Å². The topological polar surface area (TPSA) is 72.5 Å². The van der Waals surface area contributed by atoms with Crippen LogP contribution >= 0.6 is 11.6 Å². The van der Waals surface area contributed by atoms with Gasteiger partial charge in [-0.15, -0.1) is 0 Å². The van der Waals surface area contributed by atoms with Gasteiger partial charge in [0.15, 0.2) is 0 Å². The van der Waals surface area contributed by atoms with E-state index in [9.17, 15) is 17.6 Å². The van der Waals surface area contributed by atoms with Crippen molar-refractivity contribution in [3.63, 3.8) is 0 Å². The van der Waals surface area contributed by atoms with Gasteiger partial charge < -0.3 is 4.74 Å². The molecule has 22 heavy (non-hydrogen) atoms. The summed E-state index contributed by atoms with van der Waals surface area (Å²) in [6, 6.07) is 8.86. The number of hydrogen-bond donors (Lipinski definition) is 1. The Bertz CT molecular complexity index is 823. The van der Waals surface area contributed by atoms with Gasteiger partial charge in [-0.25, -0.2) is 17.6 Å². The van der Waals surface area contributed by atoms with Crippen LogP contribution in [0.1, 0.15) is 10.4 Å². The predicted molar refractivity (Wildman–Crippen MR) is 80.0 cm³/mol. The highest BCUT2D eigenvalue weighted by atomic mass is 35.5. The molecule has 0 amide bonds. The quantitative estimate of drug-likeness (QED) is 0.866. The predicted octanol–water partition coefficient (Wildman–Crippen LogP) is 3.07. The van der Waals surface area contributed by atoms with Crippen molar-refractivity contribution in [2.45, 2.75) is 4.90 Å². The van der Waals surface area contributed by atoms with E-state index in [1.165, 1.54) is 37.4 Å². The van der Waals surface area contributed by atoms with E-state index in [-0.39, 0.29) is 16.3 Å². The van der Waals surface area contributed by atoms with Gasteiger partial charge in [-0.05, 0) is 30.3 Å². The van der Waals surface area contributed by atoms with E-state index in [1.807, 2.05) is 0 Å². The van der Waals surface area contributed by atoms with Gasteiger partial charge in [-0.3, -0.25) is 4.72 Å². The molecular formula is C14H11ClFNO4S. The molecule has 2 rings (SSSR count). The maximum atomic E-state index is 13.6. The number of halogens is 2. The molecule has 0 saturated carbocycles. The Balaban J connectivity index is 2.42. The normalized spacial score (nSPS) is 11.0. The number of nitrogens with one attached hydrogen (secondary N) is 1. The van der Waals surface area contributed by atoms with Crippen LogP contribution in [0, 0.1) is 5.82 Å². The molecule has 0 bridgehead atoms. The fourth-order valence-corrected chi connectivity index (χ4v) is 3.08. The van der Waals surface area contributed by atoms with Crippen LogP contribution in [0.2, 0.25) is 5.02 Å². The number of rotatable bonds is 4. The maximum Gasteiger partial charge on any atom is 0.337 e. The summed E-state index contributed by atoms with van der Waals surface area (Å²) in [6.07, 6.45) is 0. The largest absolute Gasteiger partial charge is 0.465 e. The lowest BCUT2D eigenvalue weighted by Crippen LogP contribution is -2.15. The summed E-state index contributed by atoms with van der Waals surface area (Å²) in [5.41, 5.74) is 0.0611. The molecule has 0 saturated heterocycles. The van der Waals surface area contributed by atoms with Crippen LogP contribution in [0.25, 0.3) is 0 Å². The minimum absolute atomic E-state index is 0.0483. The molecule has 0 unspecified atom stereocenters. The number of esters is 1. The van der Waals surface area contributed by atoms with Crippen LogP contribution in [0.3, 0.4) is 0 Å². The Morgan fingerprint density at radius 3 is 2.55 bits per heavy atom. The van der Waals surface area contributed by atoms with E-state index in [0.717, 1.165) is 12.1 Å². The first-order chi connectivity index (χ1) is 10.3. The van der Waals surface area contributed by atoms with Crippen molar-refractivity contribution in [2.75, 3.05) is 11.8 Å². The van der Waals surface area contributed by atoms with Crippen LogP contribution < -0.4 is 4.72 Å². The monoisotopic (exact) mass is 343 g/mol. The van der Waals surface area contributed by atoms with Crippen molar-refractivity contribution in [3.05, 3.63) is 58.9 Å². The van der Waals surface area contributed by atoms with Gasteiger partial charge in [0.25, 0.3) is 10.0 Å². The molecule has 116 valence electrons. The minimum Gasteiger partial charge on any atom is -0.465 e. The first-order valence-corrected chi connectivity index (χ1v) is 7.86. The standard InChI is InChI=1S/C14H11ClFNO4S/c1-21-14(18)9-6-7-10(15)12(8-9)17-22(19,20)13-5-3-2-4-11(13)16/h2-8,17H,1H3. The fourth-order valence-electron chi connectivity index (χ4n) is 1.71. The van der Waals surface area contributed by atoms with Crippen LogP contribution in [0.5, 0.6) is 0 Å². The molecule has 0 spiro atoms. The van der Waals surface area contributed by atoms with E-state index in [1.54, 1.807) is 0 Å². The highest BCUT2D eigenvalue weighted by molar-refractivity contribution is 7.92. The third-order valence-corrected chi connectivity index (χ3v) is 4.49. The molecule has 0 heterocycles. The minimum atomic E-state index is -4.18. The smallest absolute Gasteiger partial charge is 0.337 e. The van der Waals surface area contributed by atoms with E-state index in [0.29, 0.717) is 0 Å². The molecule has 0 atom stereocenters. The Morgan fingerprint density at radius 1 is 1.23 bits per heavy atom. The van der Waals surface area contributed by atoms with Gasteiger partial charge in [0.2, 0.25) is 0 Å². The number of benzene rings is 2. The van der Waals surface area contributed by atoms with Crippen molar-refractivity contribution in [2.24, 2.45) is 0 Å². The van der Waals surface area contributed by atoms with Gasteiger partial charge in [-0.2, -0.15) is 0 Å². The molecule has 8 heteroatoms. The highest BCUT2D eigenvalue weighted by Gasteiger charge is 2.20. The molecule has 0 aliphatic rings. The van der Waals surface area contributed by atoms with Gasteiger partial charge in [0.05, 0.1) is 23.4 Å². The van der Waals surface area contributed by atoms with Gasteiger partial charge in [-0.1, -0.05) is 23.7 Å². The number of hydrogen-bond acceptors (Lipinski definition) is 4. The van der Waals surface area contributed by atoms with Crippen LogP contribution in [0.4, 0.5) is 10.1 Å². The lowest BCUT2D eigenvalue weighted by molar-refractivity contribution is 0.0601. The number of methoxy groups -OCH3 is 1. The summed E-state index contributed by atoms with van der Waals surface area (Å²) in [4.78, 5) is 10.9. The molecule has 0 aliphatic heterocycles. The number of carbonyl (C=O) groups is 1. The average Bonchev–Trinajstić information content (AvgIpc) is 2.48. The first kappa shape index (κ1) is 16.3. The van der Waals surface area contributed by atoms with Crippen LogP contribution in [-0.2, 0) is 14.8 Å². The van der Waals surface area contributed by atoms with Gasteiger partial charge in [0.1, 0.15) is 10.7 Å². The summed E-state index contributed by atoms with van der Waals surface area (Å²) in [7, 11) is -2.98. The highest BCUT2D eigenvalue weighted by Crippen LogP contribution is 2.26. The number of carbonyl (C=O) groups excluding carboxylic acids is 1. The zero-order valence-corrected chi connectivity index (χ0v) is 12.9. The second kappa shape index (κ2) is 6.33. The molecule has 5 nitrogen and oxygen atoms in total. The summed E-state index contributed by atoms with van der Waals surface area (Å²) >= 11 is 5.90. The van der Waals surface area contributed by atoms with Crippen LogP contribution in [-0.4, -0.2) is 21.5 Å². The maximum absolute atomic E-state index is 13.6. The number of anilines is 1. The lowest BCUT2D eigenvalue weighted by atomic mass is 10.2. The Morgan fingerprint density at radius 2 is 1.91 bits per heavy atom. The summed E-state index contributed by atoms with van der Waals surface area (Å²) in [6.45, 7) is 0. The van der Waals surface area contributed by atoms with Crippen molar-refractivity contribution in [3.8, 4) is 0 Å². The van der Waals surface area contributed by atoms with Crippen LogP contribution in [0.15, 0.2) is 47.4 Å². The summed E-state index contributed by atoms with van der Waals surface area (Å²) in [5, 5.41) is 0.0626. The second-order valence-electron chi connectivity index (χ2n) is 4.22. The van der Waals surface area contributed by atoms with Crippen molar-refractivity contribution < 1.29 is 22.3 Å². The molecule has 0 radical (unpaired) electrons. The lowest BCUT2D eigenvalue weighted by Gasteiger charge is -2.11. The van der Waals surface area contributed by atoms with Gasteiger partial charge in [0, 0.05) is 0 Å². The molecule has 0 fully saturated rings. The Hall–Kier alpha value is -2.12. The number of sulfonamides is 1. The molecule has 2 aromatic carbocycles. The molecule has 0 aromatic heterocycles. The zero-order valence-electron chi connectivity index (χ0n) is 11.3. The summed E-state index contributed by atoms with van der Waals surface area (Å²) < 4.78 is 44.7. The fraction of sp³-hybridized carbons (Fsp3) is 0.0714. The first-order valence-electron chi connectivity index (χ1n) is 6.00. The summed E-state index contributed by atoms with van der Waals surface area (Å²) in [5.74, 6) is -1.54. The van der Waals surface area contributed by atoms with E-state index in [2.05, 4.69) is 9.46 Å². The Labute approximate surface area is 131 Å². The third kappa shape index (κ3) is 3.37. The Kier molecular flexibility index (Phi) is 4.68. The second-order valence-corrected chi connectivity index (χ2v) is 6.28.